The van der Waals surface area contributed by atoms with Gasteiger partial charge in [-0.1, -0.05) is 79.4 Å². The molecule has 0 radical (unpaired) electrons. The molecule has 42 heavy (non-hydrogen) atoms. The fourth-order valence-electron chi connectivity index (χ4n) is 4.35. The van der Waals surface area contributed by atoms with E-state index in [-0.39, 0.29) is 12.2 Å². The lowest BCUT2D eigenvalue weighted by molar-refractivity contribution is -0.137. The quantitative estimate of drug-likeness (QED) is 0.0937. The summed E-state index contributed by atoms with van der Waals surface area (Å²) in [5.41, 5.74) is 3.91. The van der Waals surface area contributed by atoms with Gasteiger partial charge in [0.15, 0.2) is 5.78 Å². The maximum absolute atomic E-state index is 13.1. The summed E-state index contributed by atoms with van der Waals surface area (Å²) in [4.78, 5) is 29.9. The lowest BCUT2D eigenvalue weighted by Gasteiger charge is -2.19. The molecule has 0 saturated carbocycles. The van der Waals surface area contributed by atoms with Crippen LogP contribution < -0.4 is 5.32 Å². The highest BCUT2D eigenvalue weighted by atomic mass is 16.5. The van der Waals surface area contributed by atoms with Crippen LogP contribution in [0.15, 0.2) is 125 Å². The van der Waals surface area contributed by atoms with Gasteiger partial charge < -0.3 is 19.6 Å². The number of carbonyl (C=O) groups is 2. The first-order valence-corrected chi connectivity index (χ1v) is 13.7. The van der Waals surface area contributed by atoms with Crippen LogP contribution in [0, 0.1) is 6.92 Å². The molecule has 3 aromatic carbocycles. The second-order valence-corrected chi connectivity index (χ2v) is 9.63. The first-order chi connectivity index (χ1) is 20.4. The topological polar surface area (TPSA) is 102 Å². The van der Waals surface area contributed by atoms with Crippen molar-refractivity contribution < 1.29 is 23.8 Å². The molecule has 0 amide bonds. The fourth-order valence-corrected chi connectivity index (χ4v) is 4.35. The van der Waals surface area contributed by atoms with Gasteiger partial charge in [-0.3, -0.25) is 4.79 Å². The minimum atomic E-state index is -1.03. The second kappa shape index (κ2) is 14.5. The number of oxazole rings is 1. The SMILES string of the molecule is C=C(C=CC(=CC)CC(Nc1ccccc1C(=O)c1ccccc1)C(=O)O)OCCc1nc(-c2ccccc2)oc1C. The van der Waals surface area contributed by atoms with Gasteiger partial charge >= 0.3 is 5.97 Å². The zero-order valence-corrected chi connectivity index (χ0v) is 23.7. The van der Waals surface area contributed by atoms with Crippen LogP contribution in [0.3, 0.4) is 0 Å². The molecule has 7 heteroatoms. The van der Waals surface area contributed by atoms with E-state index in [1.54, 1.807) is 60.7 Å². The summed E-state index contributed by atoms with van der Waals surface area (Å²) in [5, 5.41) is 13.0. The van der Waals surface area contributed by atoms with Crippen LogP contribution >= 0.6 is 0 Å². The van der Waals surface area contributed by atoms with Gasteiger partial charge in [-0.15, -0.1) is 0 Å². The predicted octanol–water partition coefficient (Wildman–Crippen LogP) is 7.41. The van der Waals surface area contributed by atoms with E-state index in [0.29, 0.717) is 41.5 Å². The molecule has 1 aromatic heterocycles. The molecule has 7 nitrogen and oxygen atoms in total. The molecule has 2 N–H and O–H groups in total. The van der Waals surface area contributed by atoms with Gasteiger partial charge in [0.2, 0.25) is 5.89 Å². The zero-order chi connectivity index (χ0) is 29.9. The number of ether oxygens (including phenoxy) is 1. The van der Waals surface area contributed by atoms with Crippen molar-refractivity contribution in [3.8, 4) is 11.5 Å². The molecule has 1 atom stereocenters. The fraction of sp³-hybridized carbons (Fsp3) is 0.171. The lowest BCUT2D eigenvalue weighted by Crippen LogP contribution is -2.30. The van der Waals surface area contributed by atoms with Crippen molar-refractivity contribution in [2.24, 2.45) is 0 Å². The number of aromatic nitrogens is 1. The Morgan fingerprint density at radius 1 is 1.00 bits per heavy atom. The lowest BCUT2D eigenvalue weighted by atomic mass is 10.00. The molecule has 0 aliphatic rings. The number of hydrogen-bond acceptors (Lipinski definition) is 6. The number of anilines is 1. The number of aliphatic carboxylic acids is 1. The van der Waals surface area contributed by atoms with Crippen LogP contribution in [-0.4, -0.2) is 34.5 Å². The summed E-state index contributed by atoms with van der Waals surface area (Å²) >= 11 is 0. The second-order valence-electron chi connectivity index (χ2n) is 9.63. The molecule has 4 aromatic rings. The smallest absolute Gasteiger partial charge is 0.326 e. The van der Waals surface area contributed by atoms with Gasteiger partial charge in [-0.05, 0) is 49.8 Å². The summed E-state index contributed by atoms with van der Waals surface area (Å²) in [6, 6.07) is 24.6. The Bertz CT molecular complexity index is 1590. The number of carbonyl (C=O) groups excluding carboxylic acids is 1. The van der Waals surface area contributed by atoms with E-state index in [1.807, 2.05) is 56.3 Å². The van der Waals surface area contributed by atoms with Gasteiger partial charge in [0, 0.05) is 35.2 Å². The number of nitrogens with zero attached hydrogens (tertiary/aromatic N) is 1. The molecule has 0 spiro atoms. The molecular weight excluding hydrogens is 528 g/mol. The molecular formula is C35H34N2O5. The van der Waals surface area contributed by atoms with E-state index in [2.05, 4.69) is 16.9 Å². The number of rotatable bonds is 14. The van der Waals surface area contributed by atoms with Crippen molar-refractivity contribution in [3.05, 3.63) is 144 Å². The Kier molecular flexibility index (Phi) is 10.3. The van der Waals surface area contributed by atoms with Crippen molar-refractivity contribution in [2.75, 3.05) is 11.9 Å². The monoisotopic (exact) mass is 562 g/mol. The average Bonchev–Trinajstić information content (AvgIpc) is 3.39. The number of allylic oxidation sites excluding steroid dienone is 3. The summed E-state index contributed by atoms with van der Waals surface area (Å²) in [6.45, 7) is 8.04. The van der Waals surface area contributed by atoms with E-state index in [4.69, 9.17) is 9.15 Å². The van der Waals surface area contributed by atoms with Crippen molar-refractivity contribution >= 4 is 17.4 Å². The summed E-state index contributed by atoms with van der Waals surface area (Å²) < 4.78 is 11.6. The van der Waals surface area contributed by atoms with Crippen LogP contribution in [0.1, 0.15) is 40.7 Å². The van der Waals surface area contributed by atoms with Gasteiger partial charge in [0.25, 0.3) is 0 Å². The highest BCUT2D eigenvalue weighted by molar-refractivity contribution is 6.12. The molecule has 214 valence electrons. The normalized spacial score (nSPS) is 12.2. The van der Waals surface area contributed by atoms with Crippen molar-refractivity contribution in [3.63, 3.8) is 0 Å². The summed E-state index contributed by atoms with van der Waals surface area (Å²) in [5.74, 6) is 0.553. The summed E-state index contributed by atoms with van der Waals surface area (Å²) in [6.07, 6.45) is 6.08. The third-order valence-electron chi connectivity index (χ3n) is 6.67. The van der Waals surface area contributed by atoms with E-state index in [1.165, 1.54) is 0 Å². The molecule has 0 saturated heterocycles. The Morgan fingerprint density at radius 3 is 2.36 bits per heavy atom. The maximum Gasteiger partial charge on any atom is 0.326 e. The van der Waals surface area contributed by atoms with Gasteiger partial charge in [0.05, 0.1) is 12.3 Å². The predicted molar refractivity (Wildman–Crippen MR) is 164 cm³/mol. The van der Waals surface area contributed by atoms with E-state index < -0.39 is 12.0 Å². The first-order valence-electron chi connectivity index (χ1n) is 13.7. The van der Waals surface area contributed by atoms with Crippen molar-refractivity contribution in [1.29, 1.82) is 0 Å². The maximum atomic E-state index is 13.1. The van der Waals surface area contributed by atoms with Crippen LogP contribution in [0.4, 0.5) is 5.69 Å². The minimum absolute atomic E-state index is 0.181. The standard InChI is InChI=1S/C35H34N2O5/c1-4-26(20-19-24(2)41-22-21-30-25(3)42-34(37-30)28-15-9-6-10-16-28)23-32(35(39)40)36-31-18-12-11-17-29(31)33(38)27-13-7-5-8-14-27/h4-20,32,36H,2,21-23H2,1,3H3,(H,39,40). The van der Waals surface area contributed by atoms with E-state index >= 15 is 0 Å². The van der Waals surface area contributed by atoms with Crippen molar-refractivity contribution in [1.82, 2.24) is 4.98 Å². The number of aryl methyl sites for hydroxylation is 1. The van der Waals surface area contributed by atoms with E-state index in [0.717, 1.165) is 22.6 Å². The third-order valence-corrected chi connectivity index (χ3v) is 6.67. The zero-order valence-electron chi connectivity index (χ0n) is 23.7. The Balaban J connectivity index is 1.34. The largest absolute Gasteiger partial charge is 0.494 e. The van der Waals surface area contributed by atoms with Crippen LogP contribution in [0.25, 0.3) is 11.5 Å². The Hall–Kier alpha value is -5.17. The van der Waals surface area contributed by atoms with E-state index in [9.17, 15) is 14.7 Å². The average molecular weight is 563 g/mol. The molecule has 0 aliphatic carbocycles. The number of nitrogens with one attached hydrogen (secondary N) is 1. The Labute approximate surface area is 245 Å². The molecule has 0 bridgehead atoms. The van der Waals surface area contributed by atoms with Crippen molar-refractivity contribution in [2.45, 2.75) is 32.7 Å². The molecule has 1 unspecified atom stereocenters. The van der Waals surface area contributed by atoms with Crippen LogP contribution in [-0.2, 0) is 16.0 Å². The molecule has 0 fully saturated rings. The number of para-hydroxylation sites is 1. The van der Waals surface area contributed by atoms with Gasteiger partial charge in [0.1, 0.15) is 17.6 Å². The first kappa shape index (κ1) is 29.8. The Morgan fingerprint density at radius 2 is 1.67 bits per heavy atom. The summed E-state index contributed by atoms with van der Waals surface area (Å²) in [7, 11) is 0. The molecule has 0 aliphatic heterocycles. The van der Waals surface area contributed by atoms with Gasteiger partial charge in [-0.2, -0.15) is 0 Å². The van der Waals surface area contributed by atoms with Gasteiger partial charge in [-0.25, -0.2) is 9.78 Å². The number of hydrogen-bond donors (Lipinski definition) is 2. The molecule has 4 rings (SSSR count). The third kappa shape index (κ3) is 7.95. The number of carboxylic acid groups (broad SMARTS) is 1. The van der Waals surface area contributed by atoms with Crippen LogP contribution in [0.5, 0.6) is 0 Å². The van der Waals surface area contributed by atoms with Crippen LogP contribution in [0.2, 0.25) is 0 Å². The highest BCUT2D eigenvalue weighted by Crippen LogP contribution is 2.23. The minimum Gasteiger partial charge on any atom is -0.494 e. The molecule has 1 heterocycles. The number of ketones is 1. The number of carboxylic acids is 1. The highest BCUT2D eigenvalue weighted by Gasteiger charge is 2.21. The number of benzene rings is 3.